The molecule has 0 aliphatic heterocycles. The Morgan fingerprint density at radius 3 is 1.88 bits per heavy atom. The molecule has 0 aliphatic rings. The van der Waals surface area contributed by atoms with Crippen molar-refractivity contribution >= 4 is 11.7 Å². The topological polar surface area (TPSA) is 37.4 Å². The predicted molar refractivity (Wildman–Crippen MR) is 66.3 cm³/mol. The Hall–Kier alpha value is -0.860. The zero-order valence-electron chi connectivity index (χ0n) is 10.9. The third kappa shape index (κ3) is 8.45. The van der Waals surface area contributed by atoms with Crippen LogP contribution in [0.2, 0.25) is 0 Å². The molecule has 16 heavy (non-hydrogen) atoms. The van der Waals surface area contributed by atoms with Gasteiger partial charge in [-0.05, 0) is 12.8 Å². The Kier molecular flexibility index (Phi) is 8.87. The summed E-state index contributed by atoms with van der Waals surface area (Å²) in [5, 5.41) is 0. The number of carbonyl (C=O) groups excluding carboxylic acids is 2. The number of ketones is 1. The fraction of sp³-hybridized carbons (Fsp3) is 0.846. The lowest BCUT2D eigenvalue weighted by molar-refractivity contribution is -0.128. The van der Waals surface area contributed by atoms with Crippen molar-refractivity contribution in [1.82, 2.24) is 4.90 Å². The number of amides is 1. The fourth-order valence-electron chi connectivity index (χ4n) is 1.53. The first-order valence-corrected chi connectivity index (χ1v) is 6.29. The van der Waals surface area contributed by atoms with Crippen LogP contribution in [0, 0.1) is 0 Å². The molecule has 0 aromatic carbocycles. The summed E-state index contributed by atoms with van der Waals surface area (Å²) in [4.78, 5) is 23.9. The van der Waals surface area contributed by atoms with E-state index in [9.17, 15) is 9.59 Å². The van der Waals surface area contributed by atoms with Gasteiger partial charge in [0.05, 0.1) is 0 Å². The van der Waals surface area contributed by atoms with Crippen molar-refractivity contribution in [2.24, 2.45) is 0 Å². The zero-order valence-corrected chi connectivity index (χ0v) is 10.9. The van der Waals surface area contributed by atoms with Gasteiger partial charge in [0.2, 0.25) is 5.91 Å². The molecule has 0 atom stereocenters. The average molecular weight is 227 g/mol. The van der Waals surface area contributed by atoms with E-state index in [0.717, 1.165) is 38.5 Å². The van der Waals surface area contributed by atoms with E-state index in [-0.39, 0.29) is 5.91 Å². The maximum atomic E-state index is 11.2. The van der Waals surface area contributed by atoms with Crippen LogP contribution in [0.15, 0.2) is 0 Å². The SMILES string of the molecule is CCC(=O)CCCCCCCC(=O)N(C)C. The third-order valence-electron chi connectivity index (χ3n) is 2.74. The van der Waals surface area contributed by atoms with E-state index in [1.54, 1.807) is 19.0 Å². The Balaban J connectivity index is 3.22. The summed E-state index contributed by atoms with van der Waals surface area (Å²) >= 11 is 0. The summed E-state index contributed by atoms with van der Waals surface area (Å²) in [6.45, 7) is 1.91. The van der Waals surface area contributed by atoms with E-state index < -0.39 is 0 Å². The largest absolute Gasteiger partial charge is 0.349 e. The number of carbonyl (C=O) groups is 2. The van der Waals surface area contributed by atoms with Crippen LogP contribution in [0.5, 0.6) is 0 Å². The van der Waals surface area contributed by atoms with Crippen molar-refractivity contribution in [1.29, 1.82) is 0 Å². The molecule has 0 heterocycles. The first kappa shape index (κ1) is 15.1. The minimum atomic E-state index is 0.209. The average Bonchev–Trinajstić information content (AvgIpc) is 2.26. The van der Waals surface area contributed by atoms with Crippen molar-refractivity contribution in [2.45, 2.75) is 58.3 Å². The first-order valence-electron chi connectivity index (χ1n) is 6.29. The molecule has 0 saturated heterocycles. The fourth-order valence-corrected chi connectivity index (χ4v) is 1.53. The molecule has 0 N–H and O–H groups in total. The normalized spacial score (nSPS) is 10.2. The summed E-state index contributed by atoms with van der Waals surface area (Å²) in [5.41, 5.74) is 0. The van der Waals surface area contributed by atoms with Gasteiger partial charge in [0, 0.05) is 33.4 Å². The number of Topliss-reactive ketones (excluding diaryl/α,β-unsaturated/α-hetero) is 1. The molecule has 3 nitrogen and oxygen atoms in total. The molecule has 0 rings (SSSR count). The smallest absolute Gasteiger partial charge is 0.222 e. The van der Waals surface area contributed by atoms with Crippen LogP contribution in [0.3, 0.4) is 0 Å². The van der Waals surface area contributed by atoms with Gasteiger partial charge in [-0.1, -0.05) is 26.2 Å². The summed E-state index contributed by atoms with van der Waals surface area (Å²) in [5.74, 6) is 0.573. The van der Waals surface area contributed by atoms with Gasteiger partial charge in [-0.15, -0.1) is 0 Å². The van der Waals surface area contributed by atoms with Crippen LogP contribution in [0.1, 0.15) is 58.3 Å². The van der Waals surface area contributed by atoms with Gasteiger partial charge in [0.1, 0.15) is 5.78 Å². The van der Waals surface area contributed by atoms with E-state index in [1.165, 1.54) is 0 Å². The number of hydrogen-bond acceptors (Lipinski definition) is 2. The maximum absolute atomic E-state index is 11.2. The van der Waals surface area contributed by atoms with Crippen LogP contribution < -0.4 is 0 Å². The van der Waals surface area contributed by atoms with E-state index in [2.05, 4.69) is 0 Å². The molecule has 0 saturated carbocycles. The van der Waals surface area contributed by atoms with Crippen LogP contribution in [0.25, 0.3) is 0 Å². The lowest BCUT2D eigenvalue weighted by Gasteiger charge is -2.09. The van der Waals surface area contributed by atoms with Gasteiger partial charge in [0.15, 0.2) is 0 Å². The second kappa shape index (κ2) is 9.37. The lowest BCUT2D eigenvalue weighted by Crippen LogP contribution is -2.20. The number of rotatable bonds is 9. The second-order valence-corrected chi connectivity index (χ2v) is 4.45. The Bertz CT molecular complexity index is 212. The minimum absolute atomic E-state index is 0.209. The number of hydrogen-bond donors (Lipinski definition) is 0. The summed E-state index contributed by atoms with van der Waals surface area (Å²) in [6.07, 6.45) is 7.37. The quantitative estimate of drug-likeness (QED) is 0.568. The van der Waals surface area contributed by atoms with Crippen LogP contribution in [0.4, 0.5) is 0 Å². The van der Waals surface area contributed by atoms with Crippen LogP contribution >= 0.6 is 0 Å². The zero-order chi connectivity index (χ0) is 12.4. The van der Waals surface area contributed by atoms with E-state index in [0.29, 0.717) is 18.6 Å². The highest BCUT2D eigenvalue weighted by Crippen LogP contribution is 2.08. The molecule has 94 valence electrons. The molecule has 0 aliphatic carbocycles. The molecule has 0 aromatic rings. The maximum Gasteiger partial charge on any atom is 0.222 e. The highest BCUT2D eigenvalue weighted by Gasteiger charge is 2.02. The summed E-state index contributed by atoms with van der Waals surface area (Å²) in [7, 11) is 3.58. The first-order chi connectivity index (χ1) is 7.57. The highest BCUT2D eigenvalue weighted by molar-refractivity contribution is 5.77. The molecule has 0 radical (unpaired) electrons. The lowest BCUT2D eigenvalue weighted by atomic mass is 10.1. The molecule has 0 aromatic heterocycles. The van der Waals surface area contributed by atoms with Gasteiger partial charge in [-0.25, -0.2) is 0 Å². The highest BCUT2D eigenvalue weighted by atomic mass is 16.2. The third-order valence-corrected chi connectivity index (χ3v) is 2.74. The molecular formula is C13H25NO2. The molecule has 3 heteroatoms. The van der Waals surface area contributed by atoms with Crippen molar-refractivity contribution in [3.05, 3.63) is 0 Å². The van der Waals surface area contributed by atoms with Gasteiger partial charge >= 0.3 is 0 Å². The van der Waals surface area contributed by atoms with Crippen molar-refractivity contribution < 1.29 is 9.59 Å². The number of unbranched alkanes of at least 4 members (excludes halogenated alkanes) is 4. The van der Waals surface area contributed by atoms with E-state index in [4.69, 9.17) is 0 Å². The Morgan fingerprint density at radius 2 is 1.38 bits per heavy atom. The molecule has 0 fully saturated rings. The predicted octanol–water partition coefficient (Wildman–Crippen LogP) is 2.78. The molecule has 0 spiro atoms. The minimum Gasteiger partial charge on any atom is -0.349 e. The van der Waals surface area contributed by atoms with Crippen LogP contribution in [-0.2, 0) is 9.59 Å². The van der Waals surface area contributed by atoms with Gasteiger partial charge in [-0.3, -0.25) is 9.59 Å². The Morgan fingerprint density at radius 1 is 0.875 bits per heavy atom. The molecular weight excluding hydrogens is 202 g/mol. The van der Waals surface area contributed by atoms with Crippen molar-refractivity contribution in [3.63, 3.8) is 0 Å². The van der Waals surface area contributed by atoms with Gasteiger partial charge in [0.25, 0.3) is 0 Å². The monoisotopic (exact) mass is 227 g/mol. The summed E-state index contributed by atoms with van der Waals surface area (Å²) < 4.78 is 0. The second-order valence-electron chi connectivity index (χ2n) is 4.45. The van der Waals surface area contributed by atoms with E-state index >= 15 is 0 Å². The molecule has 0 unspecified atom stereocenters. The van der Waals surface area contributed by atoms with Crippen molar-refractivity contribution in [2.75, 3.05) is 14.1 Å². The van der Waals surface area contributed by atoms with Crippen LogP contribution in [-0.4, -0.2) is 30.7 Å². The standard InChI is InChI=1S/C13H25NO2/c1-4-12(15)10-8-6-5-7-9-11-13(16)14(2)3/h4-11H2,1-3H3. The van der Waals surface area contributed by atoms with Crippen molar-refractivity contribution in [3.8, 4) is 0 Å². The van der Waals surface area contributed by atoms with E-state index in [1.807, 2.05) is 6.92 Å². The molecule has 1 amide bonds. The Labute approximate surface area is 99.2 Å². The van der Waals surface area contributed by atoms with Gasteiger partial charge in [-0.2, -0.15) is 0 Å². The summed E-state index contributed by atoms with van der Waals surface area (Å²) in [6, 6.07) is 0. The number of nitrogens with zero attached hydrogens (tertiary/aromatic N) is 1. The molecule has 0 bridgehead atoms. The van der Waals surface area contributed by atoms with Gasteiger partial charge < -0.3 is 4.90 Å².